The standard InChI is InChI=1S/C28H16O6/c29-24-18-11-5-6-12-20(18)34-13-19(24)21(22-25(30)14-7-1-2-8-15(14)26(22)31)23-27(32)16-9-3-4-10-17(16)28(23)33/h1-13,21-23H. The van der Waals surface area contributed by atoms with Gasteiger partial charge in [-0.05, 0) is 12.1 Å². The lowest BCUT2D eigenvalue weighted by Crippen LogP contribution is -2.37. The van der Waals surface area contributed by atoms with Gasteiger partial charge in [0.1, 0.15) is 5.58 Å². The molecule has 0 saturated heterocycles. The first-order chi connectivity index (χ1) is 16.5. The molecule has 0 unspecified atom stereocenters. The number of carbonyl (C=O) groups excluding carboxylic acids is 4. The predicted molar refractivity (Wildman–Crippen MR) is 122 cm³/mol. The summed E-state index contributed by atoms with van der Waals surface area (Å²) >= 11 is 0. The number of benzene rings is 3. The van der Waals surface area contributed by atoms with Crippen LogP contribution in [0.5, 0.6) is 0 Å². The van der Waals surface area contributed by atoms with Crippen LogP contribution in [-0.4, -0.2) is 23.1 Å². The Kier molecular flexibility index (Phi) is 4.32. The van der Waals surface area contributed by atoms with Crippen molar-refractivity contribution in [2.24, 2.45) is 11.8 Å². The summed E-state index contributed by atoms with van der Waals surface area (Å²) in [5.74, 6) is -6.07. The number of Topliss-reactive ketones (excluding diaryl/α,β-unsaturated/α-hetero) is 4. The van der Waals surface area contributed by atoms with Crippen LogP contribution in [0.1, 0.15) is 52.9 Å². The Morgan fingerprint density at radius 1 is 0.559 bits per heavy atom. The van der Waals surface area contributed by atoms with Crippen LogP contribution in [0.25, 0.3) is 11.0 Å². The lowest BCUT2D eigenvalue weighted by atomic mass is 9.73. The van der Waals surface area contributed by atoms with Crippen LogP contribution < -0.4 is 5.43 Å². The van der Waals surface area contributed by atoms with Gasteiger partial charge in [-0.2, -0.15) is 0 Å². The molecule has 2 aliphatic carbocycles. The fourth-order valence-corrected chi connectivity index (χ4v) is 5.26. The van der Waals surface area contributed by atoms with Gasteiger partial charge in [0.2, 0.25) is 0 Å². The van der Waals surface area contributed by atoms with Crippen molar-refractivity contribution < 1.29 is 23.6 Å². The second kappa shape index (κ2) is 7.28. The minimum absolute atomic E-state index is 0.0299. The Morgan fingerprint density at radius 3 is 1.44 bits per heavy atom. The van der Waals surface area contributed by atoms with Gasteiger partial charge in [-0.1, -0.05) is 60.7 Å². The third kappa shape index (κ3) is 2.65. The van der Waals surface area contributed by atoms with E-state index in [1.807, 2.05) is 0 Å². The van der Waals surface area contributed by atoms with Gasteiger partial charge in [0, 0.05) is 33.7 Å². The highest BCUT2D eigenvalue weighted by Crippen LogP contribution is 2.45. The van der Waals surface area contributed by atoms with Crippen molar-refractivity contribution in [2.45, 2.75) is 5.92 Å². The Hall–Kier alpha value is -4.45. The fraction of sp³-hybridized carbons (Fsp3) is 0.107. The average Bonchev–Trinajstić information content (AvgIpc) is 3.27. The predicted octanol–water partition coefficient (Wildman–Crippen LogP) is 4.27. The highest BCUT2D eigenvalue weighted by Gasteiger charge is 2.54. The minimum Gasteiger partial charge on any atom is -0.464 e. The SMILES string of the molecule is O=C1c2ccccc2C(=O)C1C(c1coc2ccccc2c1=O)C1C(=O)c2ccccc2C1=O. The van der Waals surface area contributed by atoms with Crippen molar-refractivity contribution in [3.8, 4) is 0 Å². The zero-order chi connectivity index (χ0) is 23.6. The molecule has 1 heterocycles. The second-order valence-electron chi connectivity index (χ2n) is 8.55. The summed E-state index contributed by atoms with van der Waals surface area (Å²) in [6.07, 6.45) is 1.18. The molecule has 34 heavy (non-hydrogen) atoms. The molecule has 0 radical (unpaired) electrons. The molecule has 4 aromatic rings. The lowest BCUT2D eigenvalue weighted by Gasteiger charge is -2.25. The first-order valence-electron chi connectivity index (χ1n) is 10.8. The van der Waals surface area contributed by atoms with Gasteiger partial charge in [-0.15, -0.1) is 0 Å². The van der Waals surface area contributed by atoms with Crippen molar-refractivity contribution in [1.82, 2.24) is 0 Å². The Bertz CT molecular complexity index is 1480. The van der Waals surface area contributed by atoms with Gasteiger partial charge < -0.3 is 4.42 Å². The number of fused-ring (bicyclic) bond motifs is 3. The van der Waals surface area contributed by atoms with Crippen LogP contribution >= 0.6 is 0 Å². The van der Waals surface area contributed by atoms with Crippen LogP contribution in [0.2, 0.25) is 0 Å². The first-order valence-corrected chi connectivity index (χ1v) is 10.8. The average molecular weight is 448 g/mol. The van der Waals surface area contributed by atoms with Gasteiger partial charge >= 0.3 is 0 Å². The Morgan fingerprint density at radius 2 is 0.971 bits per heavy atom. The van der Waals surface area contributed by atoms with Crippen molar-refractivity contribution in [2.75, 3.05) is 0 Å². The molecular formula is C28H16O6. The number of ketones is 4. The lowest BCUT2D eigenvalue weighted by molar-refractivity contribution is 0.0727. The Labute approximate surface area is 192 Å². The molecule has 6 heteroatoms. The van der Waals surface area contributed by atoms with Crippen LogP contribution in [-0.2, 0) is 0 Å². The Balaban J connectivity index is 1.60. The highest BCUT2D eigenvalue weighted by atomic mass is 16.3. The molecule has 1 aromatic heterocycles. The van der Waals surface area contributed by atoms with E-state index in [0.717, 1.165) is 0 Å². The van der Waals surface area contributed by atoms with E-state index in [9.17, 15) is 24.0 Å². The maximum absolute atomic E-state index is 13.6. The topological polar surface area (TPSA) is 98.5 Å². The molecule has 0 N–H and O–H groups in total. The maximum Gasteiger partial charge on any atom is 0.196 e. The van der Waals surface area contributed by atoms with Crippen LogP contribution in [0.15, 0.2) is 88.3 Å². The summed E-state index contributed by atoms with van der Waals surface area (Å²) in [6, 6.07) is 19.3. The summed E-state index contributed by atoms with van der Waals surface area (Å²) in [4.78, 5) is 67.4. The zero-order valence-electron chi connectivity index (χ0n) is 17.7. The number of rotatable bonds is 3. The normalized spacial score (nSPS) is 16.0. The summed E-state index contributed by atoms with van der Waals surface area (Å²) < 4.78 is 5.67. The maximum atomic E-state index is 13.6. The number of hydrogen-bond donors (Lipinski definition) is 0. The molecule has 0 amide bonds. The van der Waals surface area contributed by atoms with E-state index in [0.29, 0.717) is 5.58 Å². The summed E-state index contributed by atoms with van der Waals surface area (Å²) in [5, 5.41) is 0.246. The monoisotopic (exact) mass is 448 g/mol. The molecule has 0 aliphatic heterocycles. The molecule has 164 valence electrons. The second-order valence-corrected chi connectivity index (χ2v) is 8.55. The van der Waals surface area contributed by atoms with Crippen LogP contribution in [0.4, 0.5) is 0 Å². The third-order valence-corrected chi connectivity index (χ3v) is 6.83. The zero-order valence-corrected chi connectivity index (χ0v) is 17.7. The van der Waals surface area contributed by atoms with Crippen LogP contribution in [0.3, 0.4) is 0 Å². The van der Waals surface area contributed by atoms with E-state index < -0.39 is 46.3 Å². The molecule has 0 saturated carbocycles. The van der Waals surface area contributed by atoms with Gasteiger partial charge in [0.15, 0.2) is 28.6 Å². The van der Waals surface area contributed by atoms with Crippen molar-refractivity contribution in [3.63, 3.8) is 0 Å². The van der Waals surface area contributed by atoms with Gasteiger partial charge in [0.25, 0.3) is 0 Å². The van der Waals surface area contributed by atoms with Crippen molar-refractivity contribution >= 4 is 34.1 Å². The van der Waals surface area contributed by atoms with E-state index >= 15 is 0 Å². The highest BCUT2D eigenvalue weighted by molar-refractivity contribution is 6.30. The van der Waals surface area contributed by atoms with Crippen LogP contribution in [0, 0.1) is 11.8 Å². The van der Waals surface area contributed by atoms with E-state index in [1.54, 1.807) is 72.8 Å². The molecule has 0 bridgehead atoms. The van der Waals surface area contributed by atoms with Gasteiger partial charge in [-0.25, -0.2) is 0 Å². The molecule has 3 aromatic carbocycles. The first kappa shape index (κ1) is 20.2. The number of para-hydroxylation sites is 1. The molecule has 0 fully saturated rings. The quantitative estimate of drug-likeness (QED) is 0.434. The van der Waals surface area contributed by atoms with E-state index in [4.69, 9.17) is 4.42 Å². The smallest absolute Gasteiger partial charge is 0.196 e. The van der Waals surface area contributed by atoms with E-state index in [-0.39, 0.29) is 33.2 Å². The largest absolute Gasteiger partial charge is 0.464 e. The molecule has 2 aliphatic rings. The number of carbonyl (C=O) groups is 4. The molecule has 6 rings (SSSR count). The molecule has 0 spiro atoms. The van der Waals surface area contributed by atoms with Crippen molar-refractivity contribution in [1.29, 1.82) is 0 Å². The van der Waals surface area contributed by atoms with Gasteiger partial charge in [0.05, 0.1) is 23.5 Å². The van der Waals surface area contributed by atoms with Crippen molar-refractivity contribution in [3.05, 3.63) is 117 Å². The third-order valence-electron chi connectivity index (χ3n) is 6.83. The van der Waals surface area contributed by atoms with E-state index in [1.165, 1.54) is 6.26 Å². The summed E-state index contributed by atoms with van der Waals surface area (Å²) in [6.45, 7) is 0. The minimum atomic E-state index is -1.38. The van der Waals surface area contributed by atoms with Gasteiger partial charge in [-0.3, -0.25) is 24.0 Å². The summed E-state index contributed by atoms with van der Waals surface area (Å²) in [5.41, 5.74) is 0.727. The summed E-state index contributed by atoms with van der Waals surface area (Å²) in [7, 11) is 0. The fourth-order valence-electron chi connectivity index (χ4n) is 5.26. The number of hydrogen-bond acceptors (Lipinski definition) is 6. The molecule has 0 atom stereocenters. The van der Waals surface area contributed by atoms with E-state index in [2.05, 4.69) is 0 Å². The molecular weight excluding hydrogens is 432 g/mol. The molecule has 6 nitrogen and oxygen atoms in total.